The van der Waals surface area contributed by atoms with Gasteiger partial charge in [-0.05, 0) is 19.4 Å². The number of carboxylic acid groups (broad SMARTS) is 1. The second-order valence-corrected chi connectivity index (χ2v) is 6.62. The Kier molecular flexibility index (Phi) is 7.15. The number of nitrogens with two attached hydrogens (primary N) is 1. The molecule has 2 heterocycles. The molecule has 4 N–H and O–H groups in total. The molecule has 0 radical (unpaired) electrons. The molecule has 3 rings (SSSR count). The van der Waals surface area contributed by atoms with Gasteiger partial charge in [0.05, 0.1) is 11.0 Å². The number of nitrogen functional groups attached to an aromatic ring is 1. The van der Waals surface area contributed by atoms with Gasteiger partial charge in [0.25, 0.3) is 0 Å². The zero-order valence-electron chi connectivity index (χ0n) is 16.8. The van der Waals surface area contributed by atoms with E-state index in [-0.39, 0.29) is 12.5 Å². The number of anilines is 1. The Hall–Kier alpha value is -3.24. The minimum Gasteiger partial charge on any atom is -0.480 e. The van der Waals surface area contributed by atoms with Crippen molar-refractivity contribution >= 4 is 39.6 Å². The van der Waals surface area contributed by atoms with Gasteiger partial charge in [-0.1, -0.05) is 18.2 Å². The number of benzene rings is 1. The third-order valence-corrected chi connectivity index (χ3v) is 4.46. The summed E-state index contributed by atoms with van der Waals surface area (Å²) >= 11 is 0. The number of hydrogen-bond acceptors (Lipinski definition) is 7. The number of carbonyl (C=O) groups is 2. The van der Waals surface area contributed by atoms with E-state index in [1.54, 1.807) is 0 Å². The van der Waals surface area contributed by atoms with Crippen molar-refractivity contribution < 1.29 is 24.2 Å². The van der Waals surface area contributed by atoms with E-state index < -0.39 is 12.6 Å². The molecule has 0 spiro atoms. The summed E-state index contributed by atoms with van der Waals surface area (Å²) in [6.45, 7) is 3.02. The summed E-state index contributed by atoms with van der Waals surface area (Å²) in [5, 5.41) is 12.2. The van der Waals surface area contributed by atoms with Crippen molar-refractivity contribution in [2.24, 2.45) is 0 Å². The van der Waals surface area contributed by atoms with Gasteiger partial charge in [0.1, 0.15) is 31.2 Å². The summed E-state index contributed by atoms with van der Waals surface area (Å²) in [6, 6.07) is 7.73. The first-order valence-electron chi connectivity index (χ1n) is 9.68. The zero-order valence-corrected chi connectivity index (χ0v) is 16.8. The molecule has 160 valence electrons. The number of aromatic nitrogens is 3. The molecule has 3 aromatic rings. The van der Waals surface area contributed by atoms with Gasteiger partial charge in [-0.3, -0.25) is 4.79 Å². The molecule has 1 amide bonds. The summed E-state index contributed by atoms with van der Waals surface area (Å²) in [5.74, 6) is -0.366. The maximum Gasteiger partial charge on any atom is 0.329 e. The molecule has 0 aliphatic carbocycles. The van der Waals surface area contributed by atoms with Crippen LogP contribution in [0.1, 0.15) is 19.2 Å². The monoisotopic (exact) mass is 415 g/mol. The molecule has 1 aromatic carbocycles. The van der Waals surface area contributed by atoms with Crippen molar-refractivity contribution in [3.05, 3.63) is 30.1 Å². The number of imidazole rings is 1. The highest BCUT2D eigenvalue weighted by Crippen LogP contribution is 2.29. The average Bonchev–Trinajstić information content (AvgIpc) is 3.09. The van der Waals surface area contributed by atoms with E-state index in [9.17, 15) is 9.59 Å². The maximum atomic E-state index is 11.7. The lowest BCUT2D eigenvalue weighted by molar-refractivity contribution is -0.143. The van der Waals surface area contributed by atoms with Crippen LogP contribution in [0.5, 0.6) is 0 Å². The fourth-order valence-corrected chi connectivity index (χ4v) is 3.20. The van der Waals surface area contributed by atoms with E-state index in [0.717, 1.165) is 22.2 Å². The van der Waals surface area contributed by atoms with E-state index in [1.165, 1.54) is 0 Å². The summed E-state index contributed by atoms with van der Waals surface area (Å²) in [7, 11) is 0. The average molecular weight is 415 g/mol. The second-order valence-electron chi connectivity index (χ2n) is 6.62. The number of para-hydroxylation sites is 1. The highest BCUT2D eigenvalue weighted by atomic mass is 16.5. The molecule has 30 heavy (non-hydrogen) atoms. The van der Waals surface area contributed by atoms with Crippen LogP contribution in [0, 0.1) is 0 Å². The Morgan fingerprint density at radius 1 is 1.20 bits per heavy atom. The molecule has 0 fully saturated rings. The number of aliphatic carboxylic acids is 1. The Balaban J connectivity index is 1.76. The van der Waals surface area contributed by atoms with Gasteiger partial charge in [0.15, 0.2) is 5.82 Å². The molecule has 0 bridgehead atoms. The molecule has 2 aromatic heterocycles. The van der Waals surface area contributed by atoms with E-state index in [2.05, 4.69) is 19.9 Å². The van der Waals surface area contributed by atoms with Crippen LogP contribution in [-0.4, -0.2) is 57.9 Å². The Morgan fingerprint density at radius 2 is 2.00 bits per heavy atom. The van der Waals surface area contributed by atoms with Crippen LogP contribution in [0.15, 0.2) is 24.3 Å². The molecule has 0 unspecified atom stereocenters. The van der Waals surface area contributed by atoms with Gasteiger partial charge in [-0.25, -0.2) is 14.8 Å². The third kappa shape index (κ3) is 5.02. The van der Waals surface area contributed by atoms with Crippen LogP contribution in [0.3, 0.4) is 0 Å². The topological polar surface area (TPSA) is 142 Å². The van der Waals surface area contributed by atoms with Gasteiger partial charge >= 0.3 is 5.97 Å². The standard InChI is InChI=1S/C20H25N5O5/c1-2-29-10-15-24-18-19(13-6-3-4-7-14(13)23-20(18)21)25(15)9-5-8-22-16(26)11-30-12-17(27)28/h3-4,6-7H,2,5,8-12H2,1H3,(H2,21,23)(H,22,26)(H,27,28). The van der Waals surface area contributed by atoms with Crippen LogP contribution < -0.4 is 11.1 Å². The molecule has 0 saturated heterocycles. The van der Waals surface area contributed by atoms with Crippen LogP contribution in [0.25, 0.3) is 21.9 Å². The smallest absolute Gasteiger partial charge is 0.329 e. The third-order valence-electron chi connectivity index (χ3n) is 4.46. The summed E-state index contributed by atoms with van der Waals surface area (Å²) in [6.07, 6.45) is 0.631. The number of carboxylic acids is 1. The number of amides is 1. The Bertz CT molecular complexity index is 1050. The SMILES string of the molecule is CCOCc1nc2c(N)nc3ccccc3c2n1CCCNC(=O)COCC(=O)O. The van der Waals surface area contributed by atoms with Gasteiger partial charge in [-0.2, -0.15) is 0 Å². The summed E-state index contributed by atoms with van der Waals surface area (Å²) in [5.41, 5.74) is 8.47. The minimum absolute atomic E-state index is 0.289. The van der Waals surface area contributed by atoms with E-state index in [1.807, 2.05) is 31.2 Å². The lowest BCUT2D eigenvalue weighted by Gasteiger charge is -2.11. The molecule has 0 atom stereocenters. The van der Waals surface area contributed by atoms with Crippen molar-refractivity contribution in [2.45, 2.75) is 26.5 Å². The first-order chi connectivity index (χ1) is 14.5. The second kappa shape index (κ2) is 9.99. The highest BCUT2D eigenvalue weighted by Gasteiger charge is 2.17. The molecule has 0 aliphatic heterocycles. The normalized spacial score (nSPS) is 11.2. The number of aryl methyl sites for hydroxylation is 1. The summed E-state index contributed by atoms with van der Waals surface area (Å²) < 4.78 is 12.4. The molecule has 10 nitrogen and oxygen atoms in total. The zero-order chi connectivity index (χ0) is 21.5. The largest absolute Gasteiger partial charge is 0.480 e. The number of nitrogens with zero attached hydrogens (tertiary/aromatic N) is 3. The number of fused-ring (bicyclic) bond motifs is 3. The lowest BCUT2D eigenvalue weighted by Crippen LogP contribution is -2.30. The molecular formula is C20H25N5O5. The fraction of sp³-hybridized carbons (Fsp3) is 0.400. The number of rotatable bonds is 11. The Labute approximate surface area is 173 Å². The lowest BCUT2D eigenvalue weighted by atomic mass is 10.2. The first-order valence-corrected chi connectivity index (χ1v) is 9.68. The van der Waals surface area contributed by atoms with Gasteiger partial charge in [0, 0.05) is 25.1 Å². The van der Waals surface area contributed by atoms with E-state index >= 15 is 0 Å². The van der Waals surface area contributed by atoms with Crippen molar-refractivity contribution in [3.63, 3.8) is 0 Å². The predicted octanol–water partition coefficient (Wildman–Crippen LogP) is 1.31. The maximum absolute atomic E-state index is 11.7. The van der Waals surface area contributed by atoms with Crippen LogP contribution in [-0.2, 0) is 32.2 Å². The van der Waals surface area contributed by atoms with Crippen LogP contribution in [0.2, 0.25) is 0 Å². The number of nitrogens with one attached hydrogen (secondary N) is 1. The molecule has 0 saturated carbocycles. The van der Waals surface area contributed by atoms with Crippen molar-refractivity contribution in [3.8, 4) is 0 Å². The van der Waals surface area contributed by atoms with Gasteiger partial charge in [-0.15, -0.1) is 0 Å². The van der Waals surface area contributed by atoms with Crippen molar-refractivity contribution in [1.29, 1.82) is 0 Å². The molecule has 10 heteroatoms. The van der Waals surface area contributed by atoms with Crippen LogP contribution in [0.4, 0.5) is 5.82 Å². The first kappa shape index (κ1) is 21.5. The van der Waals surface area contributed by atoms with Crippen molar-refractivity contribution in [2.75, 3.05) is 32.1 Å². The molecule has 0 aliphatic rings. The number of hydrogen-bond donors (Lipinski definition) is 3. The van der Waals surface area contributed by atoms with Gasteiger partial charge < -0.3 is 30.2 Å². The molecular weight excluding hydrogens is 390 g/mol. The highest BCUT2D eigenvalue weighted by molar-refractivity contribution is 6.06. The van der Waals surface area contributed by atoms with E-state index in [0.29, 0.717) is 44.1 Å². The van der Waals surface area contributed by atoms with Crippen molar-refractivity contribution in [1.82, 2.24) is 19.9 Å². The predicted molar refractivity (Wildman–Crippen MR) is 111 cm³/mol. The fourth-order valence-electron chi connectivity index (χ4n) is 3.20. The quantitative estimate of drug-likeness (QED) is 0.398. The number of carbonyl (C=O) groups excluding carboxylic acids is 1. The Morgan fingerprint density at radius 3 is 2.77 bits per heavy atom. The number of ether oxygens (including phenoxy) is 2. The van der Waals surface area contributed by atoms with Gasteiger partial charge in [0.2, 0.25) is 5.91 Å². The number of pyridine rings is 1. The summed E-state index contributed by atoms with van der Waals surface area (Å²) in [4.78, 5) is 31.3. The van der Waals surface area contributed by atoms with E-state index in [4.69, 9.17) is 20.3 Å². The van der Waals surface area contributed by atoms with Crippen LogP contribution >= 0.6 is 0 Å². The minimum atomic E-state index is -1.11.